The lowest BCUT2D eigenvalue weighted by Gasteiger charge is -2.12. The Morgan fingerprint density at radius 1 is 1.42 bits per heavy atom. The Balaban J connectivity index is 1.86. The Morgan fingerprint density at radius 3 is 3.00 bits per heavy atom. The maximum atomic E-state index is 11.5. The molecular formula is C14H19NO4. The summed E-state index contributed by atoms with van der Waals surface area (Å²) in [6.45, 7) is 2.46. The lowest BCUT2D eigenvalue weighted by Crippen LogP contribution is -2.28. The van der Waals surface area contributed by atoms with E-state index in [1.54, 1.807) is 18.2 Å². The van der Waals surface area contributed by atoms with Gasteiger partial charge in [0.1, 0.15) is 0 Å². The topological polar surface area (TPSA) is 67.8 Å². The van der Waals surface area contributed by atoms with Crippen LogP contribution in [0, 0.1) is 0 Å². The highest BCUT2D eigenvalue weighted by molar-refractivity contribution is 5.75. The van der Waals surface area contributed by atoms with Crippen molar-refractivity contribution in [1.82, 2.24) is 5.32 Å². The van der Waals surface area contributed by atoms with Gasteiger partial charge in [-0.2, -0.15) is 0 Å². The van der Waals surface area contributed by atoms with Gasteiger partial charge in [0.25, 0.3) is 0 Å². The summed E-state index contributed by atoms with van der Waals surface area (Å²) in [5, 5.41) is 12.7. The average Bonchev–Trinajstić information content (AvgIpc) is 2.89. The van der Waals surface area contributed by atoms with Crippen LogP contribution in [-0.2, 0) is 4.79 Å². The lowest BCUT2D eigenvalue weighted by atomic mass is 10.1. The van der Waals surface area contributed by atoms with E-state index in [2.05, 4.69) is 5.32 Å². The van der Waals surface area contributed by atoms with Gasteiger partial charge in [-0.1, -0.05) is 19.4 Å². The fourth-order valence-electron chi connectivity index (χ4n) is 1.87. The van der Waals surface area contributed by atoms with E-state index in [0.717, 1.165) is 12.8 Å². The van der Waals surface area contributed by atoms with Gasteiger partial charge in [0, 0.05) is 13.0 Å². The quantitative estimate of drug-likeness (QED) is 0.822. The first-order chi connectivity index (χ1) is 9.20. The molecule has 0 aromatic heterocycles. The number of aliphatic hydroxyl groups excluding tert-OH is 1. The molecule has 2 N–H and O–H groups in total. The van der Waals surface area contributed by atoms with Crippen LogP contribution in [-0.4, -0.2) is 24.4 Å². The van der Waals surface area contributed by atoms with Gasteiger partial charge in [0.2, 0.25) is 12.7 Å². The highest BCUT2D eigenvalue weighted by atomic mass is 16.7. The van der Waals surface area contributed by atoms with E-state index in [1.807, 2.05) is 6.92 Å². The number of hydrogen-bond acceptors (Lipinski definition) is 4. The van der Waals surface area contributed by atoms with Crippen molar-refractivity contribution in [1.29, 1.82) is 0 Å². The Kier molecular flexibility index (Phi) is 4.63. The fraction of sp³-hybridized carbons (Fsp3) is 0.500. The van der Waals surface area contributed by atoms with E-state index >= 15 is 0 Å². The van der Waals surface area contributed by atoms with Crippen LogP contribution in [0.15, 0.2) is 18.2 Å². The van der Waals surface area contributed by atoms with Crippen molar-refractivity contribution in [2.75, 3.05) is 13.3 Å². The molecule has 1 amide bonds. The van der Waals surface area contributed by atoms with Crippen LogP contribution >= 0.6 is 0 Å². The van der Waals surface area contributed by atoms with Crippen LogP contribution in [0.25, 0.3) is 0 Å². The van der Waals surface area contributed by atoms with Crippen LogP contribution in [0.2, 0.25) is 0 Å². The molecule has 1 aliphatic rings. The Labute approximate surface area is 112 Å². The number of unbranched alkanes of at least 4 members (excludes halogenated alkanes) is 1. The van der Waals surface area contributed by atoms with Crippen LogP contribution in [0.3, 0.4) is 0 Å². The molecule has 1 heterocycles. The standard InChI is InChI=1S/C14H19NO4/c1-2-3-4-14(17)15-8-11(16)10-5-6-12-13(7-10)19-9-18-12/h5-7,11,16H,2-4,8-9H2,1H3,(H,15,17). The maximum Gasteiger partial charge on any atom is 0.231 e. The maximum absolute atomic E-state index is 11.5. The van der Waals surface area contributed by atoms with Crippen LogP contribution in [0.4, 0.5) is 0 Å². The molecule has 0 saturated carbocycles. The minimum absolute atomic E-state index is 0.0263. The molecule has 0 aliphatic carbocycles. The van der Waals surface area contributed by atoms with Crippen molar-refractivity contribution in [2.24, 2.45) is 0 Å². The largest absolute Gasteiger partial charge is 0.454 e. The summed E-state index contributed by atoms with van der Waals surface area (Å²) >= 11 is 0. The van der Waals surface area contributed by atoms with Gasteiger partial charge in [0.15, 0.2) is 11.5 Å². The van der Waals surface area contributed by atoms with Crippen molar-refractivity contribution in [3.63, 3.8) is 0 Å². The molecule has 1 aliphatic heterocycles. The molecule has 19 heavy (non-hydrogen) atoms. The Hall–Kier alpha value is -1.75. The predicted octanol–water partition coefficient (Wildman–Crippen LogP) is 1.76. The predicted molar refractivity (Wildman–Crippen MR) is 70.1 cm³/mol. The number of aliphatic hydroxyl groups is 1. The molecule has 0 fully saturated rings. The molecule has 5 nitrogen and oxygen atoms in total. The number of amides is 1. The van der Waals surface area contributed by atoms with Crippen molar-refractivity contribution in [3.8, 4) is 11.5 Å². The molecule has 2 rings (SSSR count). The molecule has 0 bridgehead atoms. The van der Waals surface area contributed by atoms with E-state index in [-0.39, 0.29) is 19.2 Å². The van der Waals surface area contributed by atoms with Crippen molar-refractivity contribution in [2.45, 2.75) is 32.3 Å². The second kappa shape index (κ2) is 6.43. The monoisotopic (exact) mass is 265 g/mol. The van der Waals surface area contributed by atoms with E-state index in [0.29, 0.717) is 23.5 Å². The average molecular weight is 265 g/mol. The number of rotatable bonds is 6. The molecule has 0 radical (unpaired) electrons. The third-order valence-corrected chi connectivity index (χ3v) is 3.03. The molecule has 0 spiro atoms. The third-order valence-electron chi connectivity index (χ3n) is 3.03. The van der Waals surface area contributed by atoms with Crippen molar-refractivity contribution < 1.29 is 19.4 Å². The number of ether oxygens (including phenoxy) is 2. The van der Waals surface area contributed by atoms with E-state index in [4.69, 9.17) is 9.47 Å². The summed E-state index contributed by atoms with van der Waals surface area (Å²) < 4.78 is 10.4. The van der Waals surface area contributed by atoms with Crippen LogP contribution in [0.5, 0.6) is 11.5 Å². The second-order valence-corrected chi connectivity index (χ2v) is 4.54. The van der Waals surface area contributed by atoms with Gasteiger partial charge in [-0.05, 0) is 24.1 Å². The zero-order valence-corrected chi connectivity index (χ0v) is 11.0. The van der Waals surface area contributed by atoms with Gasteiger partial charge < -0.3 is 19.9 Å². The first kappa shape index (κ1) is 13.7. The Bertz CT molecular complexity index is 447. The number of benzene rings is 1. The van der Waals surface area contributed by atoms with E-state index < -0.39 is 6.10 Å². The molecule has 0 saturated heterocycles. The zero-order chi connectivity index (χ0) is 13.7. The van der Waals surface area contributed by atoms with Crippen LogP contribution in [0.1, 0.15) is 37.9 Å². The molecule has 104 valence electrons. The summed E-state index contributed by atoms with van der Waals surface area (Å²) in [7, 11) is 0. The number of fused-ring (bicyclic) bond motifs is 1. The third kappa shape index (κ3) is 3.61. The second-order valence-electron chi connectivity index (χ2n) is 4.54. The van der Waals surface area contributed by atoms with Gasteiger partial charge >= 0.3 is 0 Å². The molecule has 1 aromatic rings. The summed E-state index contributed by atoms with van der Waals surface area (Å²) in [4.78, 5) is 11.5. The SMILES string of the molecule is CCCCC(=O)NCC(O)c1ccc2c(c1)OCO2. The molecular weight excluding hydrogens is 246 g/mol. The van der Waals surface area contributed by atoms with Crippen molar-refractivity contribution in [3.05, 3.63) is 23.8 Å². The highest BCUT2D eigenvalue weighted by Gasteiger charge is 2.16. The molecule has 1 unspecified atom stereocenters. The van der Waals surface area contributed by atoms with E-state index in [9.17, 15) is 9.90 Å². The normalized spacial score (nSPS) is 14.2. The number of carbonyl (C=O) groups is 1. The molecule has 1 aromatic carbocycles. The van der Waals surface area contributed by atoms with E-state index in [1.165, 1.54) is 0 Å². The summed E-state index contributed by atoms with van der Waals surface area (Å²) in [6.07, 6.45) is 1.62. The van der Waals surface area contributed by atoms with Crippen molar-refractivity contribution >= 4 is 5.91 Å². The highest BCUT2D eigenvalue weighted by Crippen LogP contribution is 2.34. The summed E-state index contributed by atoms with van der Waals surface area (Å²) in [5.74, 6) is 1.29. The summed E-state index contributed by atoms with van der Waals surface area (Å²) in [6, 6.07) is 5.28. The summed E-state index contributed by atoms with van der Waals surface area (Å²) in [5.41, 5.74) is 0.708. The molecule has 5 heteroatoms. The number of hydrogen-bond donors (Lipinski definition) is 2. The Morgan fingerprint density at radius 2 is 2.21 bits per heavy atom. The first-order valence-corrected chi connectivity index (χ1v) is 6.55. The van der Waals surface area contributed by atoms with Crippen LogP contribution < -0.4 is 14.8 Å². The number of nitrogens with one attached hydrogen (secondary N) is 1. The number of carbonyl (C=O) groups excluding carboxylic acids is 1. The minimum atomic E-state index is -0.736. The van der Waals surface area contributed by atoms with Gasteiger partial charge in [-0.3, -0.25) is 4.79 Å². The minimum Gasteiger partial charge on any atom is -0.454 e. The van der Waals surface area contributed by atoms with Gasteiger partial charge in [0.05, 0.1) is 6.10 Å². The first-order valence-electron chi connectivity index (χ1n) is 6.55. The van der Waals surface area contributed by atoms with Gasteiger partial charge in [-0.25, -0.2) is 0 Å². The smallest absolute Gasteiger partial charge is 0.231 e. The molecule has 1 atom stereocenters. The zero-order valence-electron chi connectivity index (χ0n) is 11.0. The van der Waals surface area contributed by atoms with Gasteiger partial charge in [-0.15, -0.1) is 0 Å². The lowest BCUT2D eigenvalue weighted by molar-refractivity contribution is -0.121. The fourth-order valence-corrected chi connectivity index (χ4v) is 1.87.